The second kappa shape index (κ2) is 13.9. The first kappa shape index (κ1) is 31.3. The topological polar surface area (TPSA) is 153 Å². The number of carbonyl (C=O) groups excluding carboxylic acids is 3. The first-order chi connectivity index (χ1) is 18.4. The Morgan fingerprint density at radius 3 is 2.59 bits per heavy atom. The molecule has 3 aliphatic rings. The number of halogens is 1. The smallest absolute Gasteiger partial charge is 0.406 e. The fourth-order valence-electron chi connectivity index (χ4n) is 4.19. The summed E-state index contributed by atoms with van der Waals surface area (Å²) in [6, 6.07) is -1.89. The van der Waals surface area contributed by atoms with Gasteiger partial charge in [-0.05, 0) is 46.6 Å². The van der Waals surface area contributed by atoms with Crippen molar-refractivity contribution in [3.8, 4) is 0 Å². The molecule has 0 aromatic heterocycles. The van der Waals surface area contributed by atoms with Crippen LogP contribution in [0, 0.1) is 0 Å². The normalized spacial score (nSPS) is 29.3. The first-order valence-electron chi connectivity index (χ1n) is 12.9. The molecule has 3 N–H and O–H groups in total. The standard InChI is InChI=1S/C25H37FN3O9P/c1-15(2)36-25(33)16(3)28-39(34,38-18-9-7-5-6-8-10-18)35-14-21-20(30)13-22(37-21)29-12-11-19(26)24(32)27-23(31)17(29)4/h5-8,11,15-18,20-22,30H,9-10,12-14H2,1-4H3,(H,28,34)(H,27,31,32). The molecule has 6 atom stereocenters. The van der Waals surface area contributed by atoms with Crippen molar-refractivity contribution in [1.29, 1.82) is 0 Å². The van der Waals surface area contributed by atoms with Crippen LogP contribution in [0.4, 0.5) is 4.39 Å². The van der Waals surface area contributed by atoms with Crippen molar-refractivity contribution in [3.05, 3.63) is 36.2 Å². The Balaban J connectivity index is 1.70. The van der Waals surface area contributed by atoms with E-state index in [2.05, 4.69) is 5.09 Å². The Bertz CT molecular complexity index is 1040. The van der Waals surface area contributed by atoms with Crippen molar-refractivity contribution in [2.75, 3.05) is 13.2 Å². The van der Waals surface area contributed by atoms with E-state index in [9.17, 15) is 28.4 Å². The van der Waals surface area contributed by atoms with E-state index < -0.39 is 68.0 Å². The van der Waals surface area contributed by atoms with Crippen molar-refractivity contribution in [1.82, 2.24) is 15.3 Å². The molecule has 0 aromatic rings. The van der Waals surface area contributed by atoms with Crippen LogP contribution in [0.1, 0.15) is 47.0 Å². The molecule has 0 saturated carbocycles. The van der Waals surface area contributed by atoms with Gasteiger partial charge in [-0.2, -0.15) is 0 Å². The van der Waals surface area contributed by atoms with Gasteiger partial charge in [-0.25, -0.2) is 14.0 Å². The van der Waals surface area contributed by atoms with Gasteiger partial charge in [-0.15, -0.1) is 0 Å². The van der Waals surface area contributed by atoms with Gasteiger partial charge < -0.3 is 14.6 Å². The summed E-state index contributed by atoms with van der Waals surface area (Å²) in [4.78, 5) is 37.8. The maximum atomic E-state index is 13.9. The average Bonchev–Trinajstić information content (AvgIpc) is 3.04. The molecule has 6 unspecified atom stereocenters. The van der Waals surface area contributed by atoms with Crippen LogP contribution >= 0.6 is 7.75 Å². The number of imide groups is 1. The number of ether oxygens (including phenoxy) is 2. The number of hydrogen-bond donors (Lipinski definition) is 3. The third-order valence-electron chi connectivity index (χ3n) is 6.32. The van der Waals surface area contributed by atoms with Crippen LogP contribution in [-0.2, 0) is 37.5 Å². The Hall–Kier alpha value is -2.25. The molecule has 3 rings (SSSR count). The van der Waals surface area contributed by atoms with Gasteiger partial charge in [0.05, 0.1) is 31.0 Å². The van der Waals surface area contributed by atoms with Crippen molar-refractivity contribution in [2.24, 2.45) is 0 Å². The van der Waals surface area contributed by atoms with Crippen LogP contribution in [0.15, 0.2) is 36.2 Å². The van der Waals surface area contributed by atoms with Gasteiger partial charge in [0.1, 0.15) is 18.4 Å². The highest BCUT2D eigenvalue weighted by molar-refractivity contribution is 7.51. The van der Waals surface area contributed by atoms with E-state index in [1.54, 1.807) is 13.8 Å². The van der Waals surface area contributed by atoms with E-state index in [0.29, 0.717) is 12.8 Å². The summed E-state index contributed by atoms with van der Waals surface area (Å²) in [5.74, 6) is -3.56. The van der Waals surface area contributed by atoms with Crippen molar-refractivity contribution in [3.63, 3.8) is 0 Å². The Labute approximate surface area is 227 Å². The van der Waals surface area contributed by atoms with Crippen LogP contribution in [-0.4, -0.2) is 83.7 Å². The lowest BCUT2D eigenvalue weighted by atomic mass is 10.1. The Morgan fingerprint density at radius 1 is 1.28 bits per heavy atom. The molecule has 2 aliphatic heterocycles. The molecule has 12 nitrogen and oxygen atoms in total. The number of nitrogens with zero attached hydrogens (tertiary/aromatic N) is 1. The maximum absolute atomic E-state index is 13.9. The average molecular weight is 574 g/mol. The summed E-state index contributed by atoms with van der Waals surface area (Å²) in [5.41, 5.74) is 0. The molecule has 14 heteroatoms. The predicted octanol–water partition coefficient (Wildman–Crippen LogP) is 2.01. The largest absolute Gasteiger partial charge is 0.462 e. The third kappa shape index (κ3) is 8.87. The van der Waals surface area contributed by atoms with Crippen LogP contribution in [0.5, 0.6) is 0 Å². The number of carbonyl (C=O) groups is 3. The monoisotopic (exact) mass is 573 g/mol. The molecule has 2 heterocycles. The van der Waals surface area contributed by atoms with E-state index in [4.69, 9.17) is 18.5 Å². The number of allylic oxidation sites excluding steroid dienone is 2. The minimum Gasteiger partial charge on any atom is -0.462 e. The molecule has 1 fully saturated rings. The molecule has 218 valence electrons. The number of amides is 2. The van der Waals surface area contributed by atoms with E-state index >= 15 is 0 Å². The molecular weight excluding hydrogens is 536 g/mol. The lowest BCUT2D eigenvalue weighted by molar-refractivity contribution is -0.149. The number of aliphatic hydroxyl groups excluding tert-OH is 1. The lowest BCUT2D eigenvalue weighted by Gasteiger charge is -2.33. The lowest BCUT2D eigenvalue weighted by Crippen LogP contribution is -2.52. The SMILES string of the molecule is CC(C)OC(=O)C(C)NP(=O)(OCC1OC(N2CC=C(F)C(=O)NC(=O)C2C)CC1O)OC1CC=CC=CC1. The zero-order valence-electron chi connectivity index (χ0n) is 22.4. The molecule has 0 radical (unpaired) electrons. The quantitative estimate of drug-likeness (QED) is 0.200. The van der Waals surface area contributed by atoms with Crippen molar-refractivity contribution >= 4 is 25.5 Å². The molecule has 0 aromatic carbocycles. The van der Waals surface area contributed by atoms with Gasteiger partial charge in [-0.3, -0.25) is 33.6 Å². The predicted molar refractivity (Wildman–Crippen MR) is 138 cm³/mol. The summed E-state index contributed by atoms with van der Waals surface area (Å²) in [6.45, 7) is 5.89. The van der Waals surface area contributed by atoms with Gasteiger partial charge in [0, 0.05) is 13.0 Å². The number of aliphatic hydroxyl groups is 1. The fourth-order valence-corrected chi connectivity index (χ4v) is 5.87. The molecule has 2 amide bonds. The summed E-state index contributed by atoms with van der Waals surface area (Å²) < 4.78 is 50.3. The fraction of sp³-hybridized carbons (Fsp3) is 0.640. The van der Waals surface area contributed by atoms with Crippen molar-refractivity contribution in [2.45, 2.75) is 89.7 Å². The summed E-state index contributed by atoms with van der Waals surface area (Å²) in [5, 5.41) is 15.3. The highest BCUT2D eigenvalue weighted by atomic mass is 31.2. The van der Waals surface area contributed by atoms with Crippen LogP contribution in [0.2, 0.25) is 0 Å². The Kier molecular flexibility index (Phi) is 11.1. The van der Waals surface area contributed by atoms with Gasteiger partial charge in [-0.1, -0.05) is 24.3 Å². The molecule has 39 heavy (non-hydrogen) atoms. The second-order valence-corrected chi connectivity index (χ2v) is 11.6. The van der Waals surface area contributed by atoms with Gasteiger partial charge >= 0.3 is 13.7 Å². The van der Waals surface area contributed by atoms with E-state index in [1.165, 1.54) is 18.7 Å². The summed E-state index contributed by atoms with van der Waals surface area (Å²) >= 11 is 0. The first-order valence-corrected chi connectivity index (χ1v) is 14.5. The second-order valence-electron chi connectivity index (χ2n) is 9.86. The van der Waals surface area contributed by atoms with Gasteiger partial charge in [0.15, 0.2) is 5.83 Å². The third-order valence-corrected chi connectivity index (χ3v) is 8.09. The van der Waals surface area contributed by atoms with Gasteiger partial charge in [0.25, 0.3) is 5.91 Å². The van der Waals surface area contributed by atoms with Gasteiger partial charge in [0.2, 0.25) is 5.91 Å². The molecule has 0 bridgehead atoms. The summed E-state index contributed by atoms with van der Waals surface area (Å²) in [7, 11) is -4.13. The minimum absolute atomic E-state index is 0.0446. The van der Waals surface area contributed by atoms with Crippen LogP contribution in [0.25, 0.3) is 0 Å². The van der Waals surface area contributed by atoms with E-state index in [-0.39, 0.29) is 25.7 Å². The van der Waals surface area contributed by atoms with E-state index in [1.807, 2.05) is 29.6 Å². The van der Waals surface area contributed by atoms with Crippen LogP contribution in [0.3, 0.4) is 0 Å². The molecule has 1 saturated heterocycles. The number of hydrogen-bond acceptors (Lipinski definition) is 10. The number of esters is 1. The maximum Gasteiger partial charge on any atom is 0.406 e. The highest BCUT2D eigenvalue weighted by Gasteiger charge is 2.43. The highest BCUT2D eigenvalue weighted by Crippen LogP contribution is 2.47. The number of nitrogens with one attached hydrogen (secondary N) is 2. The zero-order chi connectivity index (χ0) is 28.7. The summed E-state index contributed by atoms with van der Waals surface area (Å²) in [6.07, 6.45) is 5.63. The zero-order valence-corrected chi connectivity index (χ0v) is 23.3. The minimum atomic E-state index is -4.13. The van der Waals surface area contributed by atoms with E-state index in [0.717, 1.165) is 6.08 Å². The number of rotatable bonds is 10. The molecule has 1 aliphatic carbocycles. The molecule has 0 spiro atoms. The molecular formula is C25H37FN3O9P. The van der Waals surface area contributed by atoms with Crippen molar-refractivity contribution < 1.29 is 47.0 Å². The Morgan fingerprint density at radius 2 is 1.95 bits per heavy atom. The van der Waals surface area contributed by atoms with Crippen LogP contribution < -0.4 is 10.4 Å².